The van der Waals surface area contributed by atoms with Crippen LogP contribution in [-0.4, -0.2) is 29.2 Å². The van der Waals surface area contributed by atoms with Crippen LogP contribution in [0.1, 0.15) is 42.8 Å². The molecule has 5 aromatic rings. The first-order chi connectivity index (χ1) is 21.1. The maximum atomic E-state index is 13.0. The Bertz CT molecular complexity index is 1660. The van der Waals surface area contributed by atoms with Crippen molar-refractivity contribution in [3.8, 4) is 22.6 Å². The highest BCUT2D eigenvalue weighted by Gasteiger charge is 2.18. The number of methoxy groups -OCH3 is 1. The molecule has 0 saturated carbocycles. The van der Waals surface area contributed by atoms with E-state index in [4.69, 9.17) is 14.5 Å². The first-order valence-electron chi connectivity index (χ1n) is 14.8. The molecule has 0 aliphatic heterocycles. The van der Waals surface area contributed by atoms with Gasteiger partial charge in [-0.05, 0) is 72.7 Å². The van der Waals surface area contributed by atoms with Crippen LogP contribution in [0.3, 0.4) is 0 Å². The summed E-state index contributed by atoms with van der Waals surface area (Å²) in [6.45, 7) is 7.15. The standard InChI is InChI=1S/C37H39N3O3/c1-4-12-28-19-22-34(35(25-28)42-3)43-24-11-10-23-40-33-16-9-8-15-32(33)39-37(40)27(2)38-36(41)26-29-17-20-31(21-18-29)30-13-6-5-7-14-30/h4-9,13-22,25,27H,1,10-12,23-24,26H2,2-3H3,(H,38,41). The fraction of sp³-hybridized carbons (Fsp3) is 0.243. The predicted molar refractivity (Wildman–Crippen MR) is 173 cm³/mol. The summed E-state index contributed by atoms with van der Waals surface area (Å²) in [7, 11) is 1.66. The molecule has 0 aliphatic carbocycles. The van der Waals surface area contributed by atoms with Crippen molar-refractivity contribution < 1.29 is 14.3 Å². The summed E-state index contributed by atoms with van der Waals surface area (Å²) in [6.07, 6.45) is 4.75. The molecule has 1 N–H and O–H groups in total. The average molecular weight is 574 g/mol. The number of aryl methyl sites for hydroxylation is 1. The molecular formula is C37H39N3O3. The van der Waals surface area contributed by atoms with Gasteiger partial charge in [0.15, 0.2) is 11.5 Å². The molecule has 0 bridgehead atoms. The van der Waals surface area contributed by atoms with E-state index >= 15 is 0 Å². The number of carbonyl (C=O) groups is 1. The molecule has 1 heterocycles. The first kappa shape index (κ1) is 29.6. The Balaban J connectivity index is 1.18. The molecule has 1 unspecified atom stereocenters. The van der Waals surface area contributed by atoms with Crippen molar-refractivity contribution in [3.05, 3.63) is 127 Å². The maximum Gasteiger partial charge on any atom is 0.224 e. The molecule has 0 spiro atoms. The number of hydrogen-bond donors (Lipinski definition) is 1. The minimum atomic E-state index is -0.238. The topological polar surface area (TPSA) is 65.4 Å². The third-order valence-corrected chi connectivity index (χ3v) is 7.52. The smallest absolute Gasteiger partial charge is 0.224 e. The number of amides is 1. The van der Waals surface area contributed by atoms with Crippen molar-refractivity contribution in [2.45, 2.75) is 45.2 Å². The van der Waals surface area contributed by atoms with Gasteiger partial charge in [0.05, 0.1) is 37.2 Å². The van der Waals surface area contributed by atoms with Gasteiger partial charge in [0.25, 0.3) is 0 Å². The number of hydrogen-bond acceptors (Lipinski definition) is 4. The fourth-order valence-corrected chi connectivity index (χ4v) is 5.33. The lowest BCUT2D eigenvalue weighted by Gasteiger charge is -2.17. The quantitative estimate of drug-likeness (QED) is 0.109. The second kappa shape index (κ2) is 14.4. The largest absolute Gasteiger partial charge is 0.493 e. The Morgan fingerprint density at radius 2 is 1.63 bits per heavy atom. The Morgan fingerprint density at radius 3 is 2.40 bits per heavy atom. The molecule has 0 radical (unpaired) electrons. The molecule has 5 rings (SSSR count). The van der Waals surface area contributed by atoms with E-state index in [-0.39, 0.29) is 11.9 Å². The number of aromatic nitrogens is 2. The highest BCUT2D eigenvalue weighted by Crippen LogP contribution is 2.29. The van der Waals surface area contributed by atoms with Crippen molar-refractivity contribution in [2.24, 2.45) is 0 Å². The molecule has 4 aromatic carbocycles. The average Bonchev–Trinajstić information content (AvgIpc) is 3.41. The van der Waals surface area contributed by atoms with Crippen molar-refractivity contribution in [3.63, 3.8) is 0 Å². The molecule has 0 aliphatic rings. The minimum Gasteiger partial charge on any atom is -0.493 e. The summed E-state index contributed by atoms with van der Waals surface area (Å²) in [5.74, 6) is 2.31. The highest BCUT2D eigenvalue weighted by atomic mass is 16.5. The lowest BCUT2D eigenvalue weighted by molar-refractivity contribution is -0.121. The monoisotopic (exact) mass is 573 g/mol. The van der Waals surface area contributed by atoms with Crippen LogP contribution >= 0.6 is 0 Å². The summed E-state index contributed by atoms with van der Waals surface area (Å²) in [6, 6.07) is 32.3. The van der Waals surface area contributed by atoms with Crippen molar-refractivity contribution in [1.29, 1.82) is 0 Å². The number of fused-ring (bicyclic) bond motifs is 1. The molecule has 1 amide bonds. The molecule has 43 heavy (non-hydrogen) atoms. The van der Waals surface area contributed by atoms with Gasteiger partial charge in [0.1, 0.15) is 5.82 Å². The van der Waals surface area contributed by atoms with Gasteiger partial charge in [0, 0.05) is 6.54 Å². The minimum absolute atomic E-state index is 0.0278. The van der Waals surface area contributed by atoms with Gasteiger partial charge in [-0.15, -0.1) is 6.58 Å². The summed E-state index contributed by atoms with van der Waals surface area (Å²) in [5.41, 5.74) is 6.41. The Morgan fingerprint density at radius 1 is 0.907 bits per heavy atom. The molecule has 1 aromatic heterocycles. The van der Waals surface area contributed by atoms with Gasteiger partial charge < -0.3 is 19.4 Å². The second-order valence-corrected chi connectivity index (χ2v) is 10.7. The summed E-state index contributed by atoms with van der Waals surface area (Å²) < 4.78 is 13.8. The predicted octanol–water partition coefficient (Wildman–Crippen LogP) is 7.72. The van der Waals surface area contributed by atoms with Crippen LogP contribution in [0.25, 0.3) is 22.2 Å². The molecule has 0 fully saturated rings. The van der Waals surface area contributed by atoms with E-state index in [1.807, 2.05) is 79.7 Å². The summed E-state index contributed by atoms with van der Waals surface area (Å²) in [4.78, 5) is 17.9. The Kier molecular flexibility index (Phi) is 9.90. The van der Waals surface area contributed by atoms with Crippen molar-refractivity contribution >= 4 is 16.9 Å². The van der Waals surface area contributed by atoms with E-state index in [0.29, 0.717) is 13.0 Å². The van der Waals surface area contributed by atoms with Crippen molar-refractivity contribution in [2.75, 3.05) is 13.7 Å². The fourth-order valence-electron chi connectivity index (χ4n) is 5.33. The zero-order chi connectivity index (χ0) is 30.0. The van der Waals surface area contributed by atoms with E-state index < -0.39 is 0 Å². The van der Waals surface area contributed by atoms with E-state index in [9.17, 15) is 4.79 Å². The summed E-state index contributed by atoms with van der Waals surface area (Å²) in [5, 5.41) is 3.17. The zero-order valence-corrected chi connectivity index (χ0v) is 25.0. The number of para-hydroxylation sites is 2. The van der Waals surface area contributed by atoms with Crippen LogP contribution in [-0.2, 0) is 24.2 Å². The van der Waals surface area contributed by atoms with Gasteiger partial charge in [-0.2, -0.15) is 0 Å². The number of benzene rings is 4. The van der Waals surface area contributed by atoms with Gasteiger partial charge in [-0.1, -0.05) is 78.9 Å². The van der Waals surface area contributed by atoms with E-state index in [1.54, 1.807) is 7.11 Å². The van der Waals surface area contributed by atoms with Crippen molar-refractivity contribution in [1.82, 2.24) is 14.9 Å². The lowest BCUT2D eigenvalue weighted by atomic mass is 10.0. The first-order valence-corrected chi connectivity index (χ1v) is 14.8. The summed E-state index contributed by atoms with van der Waals surface area (Å²) >= 11 is 0. The number of unbranched alkanes of at least 4 members (excludes halogenated alkanes) is 1. The zero-order valence-electron chi connectivity index (χ0n) is 25.0. The van der Waals surface area contributed by atoms with Crippen LogP contribution in [0, 0.1) is 0 Å². The Labute approximate surface area is 254 Å². The molecular weight excluding hydrogens is 534 g/mol. The van der Waals surface area contributed by atoms with Gasteiger partial charge >= 0.3 is 0 Å². The molecule has 220 valence electrons. The number of imidazole rings is 1. The number of rotatable bonds is 14. The van der Waals surface area contributed by atoms with Gasteiger partial charge in [0.2, 0.25) is 5.91 Å². The number of carbonyl (C=O) groups excluding carboxylic acids is 1. The van der Waals surface area contributed by atoms with Gasteiger partial charge in [-0.25, -0.2) is 4.98 Å². The van der Waals surface area contributed by atoms with E-state index in [2.05, 4.69) is 46.8 Å². The normalized spacial score (nSPS) is 11.7. The molecule has 0 saturated heterocycles. The van der Waals surface area contributed by atoms with Crippen LogP contribution in [0.4, 0.5) is 0 Å². The molecule has 1 atom stereocenters. The highest BCUT2D eigenvalue weighted by molar-refractivity contribution is 5.80. The van der Waals surface area contributed by atoms with E-state index in [1.165, 1.54) is 0 Å². The van der Waals surface area contributed by atoms with E-state index in [0.717, 1.165) is 76.4 Å². The SMILES string of the molecule is C=CCc1ccc(OCCCCn2c(C(C)NC(=O)Cc3ccc(-c4ccccc4)cc3)nc3ccccc32)c(OC)c1. The van der Waals surface area contributed by atoms with Crippen LogP contribution in [0.15, 0.2) is 110 Å². The second-order valence-electron chi connectivity index (χ2n) is 10.7. The van der Waals surface area contributed by atoms with Crippen LogP contribution < -0.4 is 14.8 Å². The Hall–Kier alpha value is -4.84. The number of allylic oxidation sites excluding steroid dienone is 1. The molecule has 6 nitrogen and oxygen atoms in total. The third-order valence-electron chi connectivity index (χ3n) is 7.52. The number of nitrogens with one attached hydrogen (secondary N) is 1. The molecule has 6 heteroatoms. The van der Waals surface area contributed by atoms with Gasteiger partial charge in [-0.3, -0.25) is 4.79 Å². The van der Waals surface area contributed by atoms with Crippen LogP contribution in [0.2, 0.25) is 0 Å². The maximum absolute atomic E-state index is 13.0. The number of ether oxygens (including phenoxy) is 2. The third kappa shape index (κ3) is 7.52. The lowest BCUT2D eigenvalue weighted by Crippen LogP contribution is -2.30. The number of nitrogens with zero attached hydrogens (tertiary/aromatic N) is 2. The van der Waals surface area contributed by atoms with Crippen LogP contribution in [0.5, 0.6) is 11.5 Å².